The molecule has 110 valence electrons. The van der Waals surface area contributed by atoms with Gasteiger partial charge in [0.25, 0.3) is 0 Å². The van der Waals surface area contributed by atoms with Gasteiger partial charge in [-0.15, -0.1) is 0 Å². The molecule has 2 atom stereocenters. The summed E-state index contributed by atoms with van der Waals surface area (Å²) in [4.78, 5) is 22.8. The fourth-order valence-corrected chi connectivity index (χ4v) is 2.10. The molecule has 0 heterocycles. The Morgan fingerprint density at radius 1 is 1.30 bits per heavy atom. The molecule has 2 N–H and O–H groups in total. The van der Waals surface area contributed by atoms with Gasteiger partial charge in [0.15, 0.2) is 0 Å². The second-order valence-electron chi connectivity index (χ2n) is 4.27. The highest BCUT2D eigenvalue weighted by atomic mass is 16.6. The van der Waals surface area contributed by atoms with Gasteiger partial charge in [-0.1, -0.05) is 30.3 Å². The highest BCUT2D eigenvalue weighted by Gasteiger charge is 2.48. The van der Waals surface area contributed by atoms with Crippen LogP contribution in [-0.4, -0.2) is 43.9 Å². The van der Waals surface area contributed by atoms with E-state index in [2.05, 4.69) is 5.32 Å². The van der Waals surface area contributed by atoms with Crippen molar-refractivity contribution in [3.05, 3.63) is 35.9 Å². The van der Waals surface area contributed by atoms with Crippen LogP contribution >= 0.6 is 0 Å². The molecule has 0 saturated heterocycles. The second kappa shape index (κ2) is 7.02. The number of rotatable bonds is 7. The molecule has 2 unspecified atom stereocenters. The monoisotopic (exact) mass is 281 g/mol. The Bertz CT molecular complexity index is 462. The van der Waals surface area contributed by atoms with Crippen LogP contribution in [0, 0.1) is 0 Å². The first-order chi connectivity index (χ1) is 9.48. The molecule has 1 aromatic rings. The number of nitrogens with one attached hydrogen (secondary N) is 1. The largest absolute Gasteiger partial charge is 0.479 e. The van der Waals surface area contributed by atoms with Crippen LogP contribution in [0.15, 0.2) is 30.3 Å². The summed E-state index contributed by atoms with van der Waals surface area (Å²) in [5, 5.41) is 12.2. The minimum absolute atomic E-state index is 0.0286. The number of carboxylic acid groups (broad SMARTS) is 1. The smallest absolute Gasteiger partial charge is 0.343 e. The maximum absolute atomic E-state index is 11.8. The summed E-state index contributed by atoms with van der Waals surface area (Å²) in [6.45, 7) is 1.38. The highest BCUT2D eigenvalue weighted by molar-refractivity contribution is 5.81. The number of aliphatic carboxylic acids is 1. The Balaban J connectivity index is 3.22. The minimum Gasteiger partial charge on any atom is -0.479 e. The molecule has 0 aliphatic carbocycles. The Labute approximate surface area is 117 Å². The summed E-state index contributed by atoms with van der Waals surface area (Å²) < 4.78 is 10.5. The number of benzene rings is 1. The average Bonchev–Trinajstić information content (AvgIpc) is 2.44. The summed E-state index contributed by atoms with van der Waals surface area (Å²) in [6.07, 6.45) is -0.865. The van der Waals surface area contributed by atoms with E-state index in [1.54, 1.807) is 30.3 Å². The van der Waals surface area contributed by atoms with Crippen LogP contribution in [0.4, 0.5) is 0 Å². The molecule has 1 aromatic carbocycles. The molecule has 1 amide bonds. The molecule has 0 aliphatic rings. The van der Waals surface area contributed by atoms with Gasteiger partial charge < -0.3 is 19.9 Å². The molecule has 0 spiro atoms. The zero-order valence-electron chi connectivity index (χ0n) is 11.8. The van der Waals surface area contributed by atoms with Gasteiger partial charge in [-0.3, -0.25) is 4.79 Å². The molecule has 1 rings (SSSR count). The summed E-state index contributed by atoms with van der Waals surface area (Å²) >= 11 is 0. The number of hydrogen-bond acceptors (Lipinski definition) is 4. The van der Waals surface area contributed by atoms with Crippen molar-refractivity contribution >= 4 is 11.9 Å². The van der Waals surface area contributed by atoms with E-state index in [1.807, 2.05) is 0 Å². The van der Waals surface area contributed by atoms with Crippen LogP contribution in [0.1, 0.15) is 12.5 Å². The van der Waals surface area contributed by atoms with Gasteiger partial charge in [-0.2, -0.15) is 0 Å². The quantitative estimate of drug-likeness (QED) is 0.771. The van der Waals surface area contributed by atoms with Crippen LogP contribution in [0.5, 0.6) is 0 Å². The van der Waals surface area contributed by atoms with Crippen LogP contribution < -0.4 is 5.32 Å². The molecule has 20 heavy (non-hydrogen) atoms. The average molecular weight is 281 g/mol. The lowest BCUT2D eigenvalue weighted by Gasteiger charge is -2.35. The summed E-state index contributed by atoms with van der Waals surface area (Å²) in [5.41, 5.74) is -1.23. The van der Waals surface area contributed by atoms with Crippen molar-refractivity contribution in [3.8, 4) is 0 Å². The van der Waals surface area contributed by atoms with E-state index in [9.17, 15) is 14.7 Å². The molecule has 0 aliphatic heterocycles. The Morgan fingerprint density at radius 2 is 1.90 bits per heavy atom. The fraction of sp³-hybridized carbons (Fsp3) is 0.429. The third-order valence-electron chi connectivity index (χ3n) is 3.12. The van der Waals surface area contributed by atoms with Gasteiger partial charge in [-0.25, -0.2) is 4.79 Å². The van der Waals surface area contributed by atoms with E-state index in [4.69, 9.17) is 9.47 Å². The number of ether oxygens (including phenoxy) is 2. The zero-order valence-corrected chi connectivity index (χ0v) is 11.8. The molecular weight excluding hydrogens is 262 g/mol. The first kappa shape index (κ1) is 16.1. The molecular formula is C14H19NO5. The van der Waals surface area contributed by atoms with Crippen LogP contribution in [0.3, 0.4) is 0 Å². The van der Waals surface area contributed by atoms with Gasteiger partial charge in [0.1, 0.15) is 6.10 Å². The topological polar surface area (TPSA) is 84.9 Å². The number of carbonyl (C=O) groups is 2. The fourth-order valence-electron chi connectivity index (χ4n) is 2.10. The van der Waals surface area contributed by atoms with Crippen molar-refractivity contribution in [1.82, 2.24) is 5.32 Å². The summed E-state index contributed by atoms with van der Waals surface area (Å²) in [7, 11) is 2.69. The van der Waals surface area contributed by atoms with E-state index >= 15 is 0 Å². The first-order valence-corrected chi connectivity index (χ1v) is 6.10. The van der Waals surface area contributed by atoms with Crippen LogP contribution in [-0.2, 0) is 24.7 Å². The highest BCUT2D eigenvalue weighted by Crippen LogP contribution is 2.31. The van der Waals surface area contributed by atoms with Crippen molar-refractivity contribution in [2.45, 2.75) is 18.6 Å². The number of amides is 1. The van der Waals surface area contributed by atoms with E-state index in [-0.39, 0.29) is 12.5 Å². The van der Waals surface area contributed by atoms with Crippen molar-refractivity contribution in [1.29, 1.82) is 0 Å². The summed E-state index contributed by atoms with van der Waals surface area (Å²) in [6, 6.07) is 8.52. The van der Waals surface area contributed by atoms with Crippen molar-refractivity contribution in [2.24, 2.45) is 0 Å². The number of carboxylic acids is 1. The lowest BCUT2D eigenvalue weighted by atomic mass is 9.87. The SMILES string of the molecule is COC(CNC(C)=O)C(OC)(C(=O)O)c1ccccc1. The van der Waals surface area contributed by atoms with E-state index in [0.29, 0.717) is 5.56 Å². The van der Waals surface area contributed by atoms with Crippen LogP contribution in [0.2, 0.25) is 0 Å². The van der Waals surface area contributed by atoms with Gasteiger partial charge >= 0.3 is 5.97 Å². The van der Waals surface area contributed by atoms with Gasteiger partial charge in [0.2, 0.25) is 11.5 Å². The van der Waals surface area contributed by atoms with Gasteiger partial charge in [0.05, 0.1) is 0 Å². The maximum atomic E-state index is 11.8. The molecule has 0 fully saturated rings. The lowest BCUT2D eigenvalue weighted by molar-refractivity contribution is -0.183. The minimum atomic E-state index is -1.68. The predicted molar refractivity (Wildman–Crippen MR) is 72.2 cm³/mol. The number of hydrogen-bond donors (Lipinski definition) is 2. The molecule has 6 nitrogen and oxygen atoms in total. The van der Waals surface area contributed by atoms with E-state index in [0.717, 1.165) is 0 Å². The molecule has 0 bridgehead atoms. The van der Waals surface area contributed by atoms with E-state index < -0.39 is 17.7 Å². The molecule has 0 aromatic heterocycles. The van der Waals surface area contributed by atoms with Crippen molar-refractivity contribution < 1.29 is 24.2 Å². The van der Waals surface area contributed by atoms with Gasteiger partial charge in [0, 0.05) is 27.7 Å². The zero-order chi connectivity index (χ0) is 15.2. The molecule has 0 radical (unpaired) electrons. The lowest BCUT2D eigenvalue weighted by Crippen LogP contribution is -2.53. The first-order valence-electron chi connectivity index (χ1n) is 6.10. The van der Waals surface area contributed by atoms with Crippen LogP contribution in [0.25, 0.3) is 0 Å². The second-order valence-corrected chi connectivity index (χ2v) is 4.27. The van der Waals surface area contributed by atoms with Crippen molar-refractivity contribution in [2.75, 3.05) is 20.8 Å². The normalized spacial score (nSPS) is 15.2. The van der Waals surface area contributed by atoms with E-state index in [1.165, 1.54) is 21.1 Å². The number of carbonyl (C=O) groups excluding carboxylic acids is 1. The molecule has 6 heteroatoms. The Morgan fingerprint density at radius 3 is 2.30 bits per heavy atom. The maximum Gasteiger partial charge on any atom is 0.343 e. The third kappa shape index (κ3) is 3.15. The Kier molecular flexibility index (Phi) is 5.66. The Hall–Kier alpha value is -1.92. The summed E-state index contributed by atoms with van der Waals surface area (Å²) in [5.74, 6) is -1.45. The van der Waals surface area contributed by atoms with Crippen molar-refractivity contribution in [3.63, 3.8) is 0 Å². The standard InChI is InChI=1S/C14H19NO5/c1-10(16)15-9-12(19-2)14(20-3,13(17)18)11-7-5-4-6-8-11/h4-8,12H,9H2,1-3H3,(H,15,16)(H,17,18). The predicted octanol–water partition coefficient (Wildman–Crippen LogP) is 0.764. The number of methoxy groups -OCH3 is 2. The molecule has 0 saturated carbocycles. The third-order valence-corrected chi connectivity index (χ3v) is 3.12. The van der Waals surface area contributed by atoms with Gasteiger partial charge in [-0.05, 0) is 5.56 Å².